The molecule has 1 atom stereocenters. The summed E-state index contributed by atoms with van der Waals surface area (Å²) in [6.07, 6.45) is 6.52. The molecule has 83 valence electrons. The normalized spacial score (nSPS) is 24.0. The van der Waals surface area contributed by atoms with Crippen molar-refractivity contribution in [2.75, 3.05) is 26.2 Å². The Balaban J connectivity index is 2.05. The largest absolute Gasteiger partial charge is 0.311 e. The van der Waals surface area contributed by atoms with Crippen LogP contribution in [0.15, 0.2) is 0 Å². The topological polar surface area (TPSA) is 15.3 Å². The fourth-order valence-electron chi connectivity index (χ4n) is 2.05. The maximum absolute atomic E-state index is 3.96. The molecule has 2 nitrogen and oxygen atoms in total. The number of nitrogens with one attached hydrogen (secondary N) is 1. The zero-order valence-electron chi connectivity index (χ0n) is 9.60. The third-order valence-corrected chi connectivity index (χ3v) is 3.02. The fourth-order valence-corrected chi connectivity index (χ4v) is 2.05. The molecule has 1 N–H and O–H groups in total. The third kappa shape index (κ3) is 4.43. The summed E-state index contributed by atoms with van der Waals surface area (Å²) >= 11 is 0. The van der Waals surface area contributed by atoms with E-state index in [-0.39, 0.29) is 0 Å². The Kier molecular flexibility index (Phi) is 6.20. The number of rotatable bonds is 6. The molecule has 1 saturated heterocycles. The minimum Gasteiger partial charge on any atom is -0.311 e. The summed E-state index contributed by atoms with van der Waals surface area (Å²) in [6.45, 7) is 11.1. The first-order valence-electron chi connectivity index (χ1n) is 6.11. The van der Waals surface area contributed by atoms with Crippen LogP contribution in [-0.4, -0.2) is 37.1 Å². The number of hydrogen-bond acceptors (Lipinski definition) is 2. The molecular formula is C12H25N2. The lowest BCUT2D eigenvalue weighted by Crippen LogP contribution is -2.50. The highest BCUT2D eigenvalue weighted by Gasteiger charge is 2.16. The number of hydrogen-bond donors (Lipinski definition) is 1. The van der Waals surface area contributed by atoms with Crippen molar-refractivity contribution in [2.24, 2.45) is 0 Å². The second kappa shape index (κ2) is 7.24. The van der Waals surface area contributed by atoms with Gasteiger partial charge in [0, 0.05) is 25.7 Å². The highest BCUT2D eigenvalue weighted by Crippen LogP contribution is 2.05. The van der Waals surface area contributed by atoms with Gasteiger partial charge in [0.25, 0.3) is 0 Å². The zero-order valence-corrected chi connectivity index (χ0v) is 9.60. The molecule has 1 aliphatic heterocycles. The summed E-state index contributed by atoms with van der Waals surface area (Å²) in [7, 11) is 0. The predicted molar refractivity (Wildman–Crippen MR) is 62.3 cm³/mol. The zero-order chi connectivity index (χ0) is 10.2. The van der Waals surface area contributed by atoms with E-state index in [2.05, 4.69) is 24.1 Å². The highest BCUT2D eigenvalue weighted by atomic mass is 15.2. The van der Waals surface area contributed by atoms with E-state index in [9.17, 15) is 0 Å². The van der Waals surface area contributed by atoms with Gasteiger partial charge in [-0.3, -0.25) is 0 Å². The SMILES string of the molecule is [CH2]CC1CN(CCCCCC)CCN1. The molecule has 0 aromatic carbocycles. The van der Waals surface area contributed by atoms with Gasteiger partial charge in [-0.2, -0.15) is 0 Å². The molecule has 2 heteroatoms. The summed E-state index contributed by atoms with van der Waals surface area (Å²) in [4.78, 5) is 2.59. The molecular weight excluding hydrogens is 172 g/mol. The van der Waals surface area contributed by atoms with Gasteiger partial charge in [-0.15, -0.1) is 0 Å². The molecule has 0 saturated carbocycles. The molecule has 0 aromatic heterocycles. The third-order valence-electron chi connectivity index (χ3n) is 3.02. The van der Waals surface area contributed by atoms with Crippen LogP contribution >= 0.6 is 0 Å². The standard InChI is InChI=1S/C12H25N2/c1-3-5-6-7-9-14-10-8-13-12(4-2)11-14/h12-13H,2-11H2,1H3. The van der Waals surface area contributed by atoms with Crippen LogP contribution in [0.4, 0.5) is 0 Å². The molecule has 1 rings (SSSR count). The average molecular weight is 197 g/mol. The molecule has 1 unspecified atom stereocenters. The fraction of sp³-hybridized carbons (Fsp3) is 0.917. The van der Waals surface area contributed by atoms with Gasteiger partial charge in [-0.05, 0) is 19.4 Å². The van der Waals surface area contributed by atoms with Crippen molar-refractivity contribution in [2.45, 2.75) is 45.1 Å². The van der Waals surface area contributed by atoms with Gasteiger partial charge < -0.3 is 10.2 Å². The number of unbranched alkanes of at least 4 members (excludes halogenated alkanes) is 3. The van der Waals surface area contributed by atoms with Gasteiger partial charge in [0.15, 0.2) is 0 Å². The van der Waals surface area contributed by atoms with Gasteiger partial charge in [0.1, 0.15) is 0 Å². The minimum absolute atomic E-state index is 0.634. The first-order valence-corrected chi connectivity index (χ1v) is 6.11. The van der Waals surface area contributed by atoms with Gasteiger partial charge in [0.2, 0.25) is 0 Å². The molecule has 0 amide bonds. The lowest BCUT2D eigenvalue weighted by Gasteiger charge is -2.33. The molecule has 0 aliphatic carbocycles. The maximum Gasteiger partial charge on any atom is 0.0195 e. The molecule has 1 radical (unpaired) electrons. The Morgan fingerprint density at radius 2 is 2.21 bits per heavy atom. The van der Waals surface area contributed by atoms with Crippen LogP contribution in [0.3, 0.4) is 0 Å². The van der Waals surface area contributed by atoms with E-state index in [4.69, 9.17) is 0 Å². The smallest absolute Gasteiger partial charge is 0.0195 e. The van der Waals surface area contributed by atoms with E-state index in [0.29, 0.717) is 6.04 Å². The molecule has 1 fully saturated rings. The van der Waals surface area contributed by atoms with E-state index in [1.807, 2.05) is 0 Å². The van der Waals surface area contributed by atoms with Crippen LogP contribution in [0, 0.1) is 6.92 Å². The van der Waals surface area contributed by atoms with Crippen molar-refractivity contribution < 1.29 is 0 Å². The summed E-state index contributed by atoms with van der Waals surface area (Å²) in [5.41, 5.74) is 0. The predicted octanol–water partition coefficient (Wildman–Crippen LogP) is 2.06. The Labute approximate surface area is 89.1 Å². The van der Waals surface area contributed by atoms with Gasteiger partial charge >= 0.3 is 0 Å². The minimum atomic E-state index is 0.634. The van der Waals surface area contributed by atoms with Crippen LogP contribution in [-0.2, 0) is 0 Å². The molecule has 0 bridgehead atoms. The van der Waals surface area contributed by atoms with Crippen molar-refractivity contribution in [1.82, 2.24) is 10.2 Å². The molecule has 0 spiro atoms. The second-order valence-corrected chi connectivity index (χ2v) is 4.30. The van der Waals surface area contributed by atoms with E-state index < -0.39 is 0 Å². The van der Waals surface area contributed by atoms with Crippen LogP contribution in [0.1, 0.15) is 39.0 Å². The van der Waals surface area contributed by atoms with Crippen LogP contribution in [0.25, 0.3) is 0 Å². The first-order chi connectivity index (χ1) is 6.86. The molecule has 1 heterocycles. The summed E-state index contributed by atoms with van der Waals surface area (Å²) in [6, 6.07) is 0.634. The van der Waals surface area contributed by atoms with Crippen molar-refractivity contribution in [1.29, 1.82) is 0 Å². The average Bonchev–Trinajstić information content (AvgIpc) is 2.25. The second-order valence-electron chi connectivity index (χ2n) is 4.30. The monoisotopic (exact) mass is 197 g/mol. The maximum atomic E-state index is 3.96. The van der Waals surface area contributed by atoms with Crippen molar-refractivity contribution in [3.05, 3.63) is 6.92 Å². The van der Waals surface area contributed by atoms with Gasteiger partial charge in [-0.25, -0.2) is 0 Å². The number of piperazine rings is 1. The molecule has 1 aliphatic rings. The Hall–Kier alpha value is -0.0800. The lowest BCUT2D eigenvalue weighted by atomic mass is 10.1. The quantitative estimate of drug-likeness (QED) is 0.656. The van der Waals surface area contributed by atoms with Crippen LogP contribution < -0.4 is 5.32 Å². The lowest BCUT2D eigenvalue weighted by molar-refractivity contribution is 0.196. The van der Waals surface area contributed by atoms with Crippen LogP contribution in [0.5, 0.6) is 0 Å². The summed E-state index contributed by atoms with van der Waals surface area (Å²) in [5.74, 6) is 0. The van der Waals surface area contributed by atoms with E-state index in [1.54, 1.807) is 0 Å². The van der Waals surface area contributed by atoms with Gasteiger partial charge in [-0.1, -0.05) is 33.1 Å². The summed E-state index contributed by atoms with van der Waals surface area (Å²) < 4.78 is 0. The van der Waals surface area contributed by atoms with Crippen molar-refractivity contribution >= 4 is 0 Å². The van der Waals surface area contributed by atoms with E-state index in [1.165, 1.54) is 45.3 Å². The van der Waals surface area contributed by atoms with Gasteiger partial charge in [0.05, 0.1) is 0 Å². The Bertz CT molecular complexity index is 136. The van der Waals surface area contributed by atoms with Crippen molar-refractivity contribution in [3.8, 4) is 0 Å². The van der Waals surface area contributed by atoms with Crippen molar-refractivity contribution in [3.63, 3.8) is 0 Å². The Morgan fingerprint density at radius 1 is 1.36 bits per heavy atom. The van der Waals surface area contributed by atoms with E-state index in [0.717, 1.165) is 13.0 Å². The van der Waals surface area contributed by atoms with Crippen LogP contribution in [0.2, 0.25) is 0 Å². The molecule has 0 aromatic rings. The summed E-state index contributed by atoms with van der Waals surface area (Å²) in [5, 5.41) is 3.50. The Morgan fingerprint density at radius 3 is 2.93 bits per heavy atom. The van der Waals surface area contributed by atoms with E-state index >= 15 is 0 Å². The molecule has 14 heavy (non-hydrogen) atoms. The number of nitrogens with zero attached hydrogens (tertiary/aromatic N) is 1. The highest BCUT2D eigenvalue weighted by molar-refractivity contribution is 4.78. The first kappa shape index (κ1) is 12.0.